The number of hydrogen-bond acceptors (Lipinski definition) is 6. The number of urea groups is 2. The maximum absolute atomic E-state index is 11.4. The van der Waals surface area contributed by atoms with Gasteiger partial charge < -0.3 is 25.4 Å². The third-order valence-corrected chi connectivity index (χ3v) is 2.09. The van der Waals surface area contributed by atoms with Gasteiger partial charge in [0.15, 0.2) is 6.23 Å². The molecule has 0 bridgehead atoms. The summed E-state index contributed by atoms with van der Waals surface area (Å²) >= 11 is 0. The van der Waals surface area contributed by atoms with Gasteiger partial charge in [0.05, 0.1) is 26.5 Å². The van der Waals surface area contributed by atoms with E-state index in [0.717, 1.165) is 4.90 Å². The summed E-state index contributed by atoms with van der Waals surface area (Å²) in [5.74, 6) is 0. The second kappa shape index (κ2) is 6.35. The minimum Gasteiger partial charge on any atom is -0.394 e. The number of amides is 4. The largest absolute Gasteiger partial charge is 0.394 e. The van der Waals surface area contributed by atoms with Crippen LogP contribution in [0.15, 0.2) is 0 Å². The van der Waals surface area contributed by atoms with Crippen LogP contribution in [0.25, 0.3) is 0 Å². The first-order valence-electron chi connectivity index (χ1n) is 4.97. The molecule has 0 radical (unpaired) electrons. The Morgan fingerprint density at radius 1 is 1.41 bits per heavy atom. The summed E-state index contributed by atoms with van der Waals surface area (Å²) in [4.78, 5) is 23.3. The molecule has 0 aromatic rings. The lowest BCUT2D eigenvalue weighted by Gasteiger charge is -2.36. The zero-order valence-electron chi connectivity index (χ0n) is 9.00. The van der Waals surface area contributed by atoms with Crippen LogP contribution in [0.4, 0.5) is 9.59 Å². The van der Waals surface area contributed by atoms with Crippen LogP contribution >= 0.6 is 0 Å². The number of hydrogen-bond donors (Lipinski definition) is 5. The van der Waals surface area contributed by atoms with Gasteiger partial charge in [0, 0.05) is 0 Å². The van der Waals surface area contributed by atoms with Crippen molar-refractivity contribution in [3.05, 3.63) is 0 Å². The first kappa shape index (κ1) is 13.6. The molecule has 1 unspecified atom stereocenters. The molecule has 9 heteroatoms. The van der Waals surface area contributed by atoms with Gasteiger partial charge in [0.1, 0.15) is 6.10 Å². The van der Waals surface area contributed by atoms with E-state index in [4.69, 9.17) is 14.9 Å². The molecule has 0 spiro atoms. The van der Waals surface area contributed by atoms with E-state index in [0.29, 0.717) is 0 Å². The summed E-state index contributed by atoms with van der Waals surface area (Å²) in [6, 6.07) is -1.39. The van der Waals surface area contributed by atoms with E-state index in [2.05, 4.69) is 5.32 Å². The van der Waals surface area contributed by atoms with Gasteiger partial charge in [-0.05, 0) is 0 Å². The summed E-state index contributed by atoms with van der Waals surface area (Å²) in [6.45, 7) is -1.18. The van der Waals surface area contributed by atoms with Crippen molar-refractivity contribution in [2.45, 2.75) is 12.3 Å². The standard InChI is InChI=1S/C8H15N3O6/c12-1-2-17-6(5(14)3-13)11-4-9-7(15)10-8(11)16/h5-6,12-14H,1-4H2,(H2,9,10,15,16)/t5?,6-/m1/s1. The number of aliphatic hydroxyl groups is 3. The Labute approximate surface area is 97.0 Å². The number of carbonyl (C=O) groups excluding carboxylic acids is 2. The number of ether oxygens (including phenoxy) is 1. The molecule has 0 saturated carbocycles. The van der Waals surface area contributed by atoms with Crippen molar-refractivity contribution >= 4 is 12.1 Å². The van der Waals surface area contributed by atoms with Crippen LogP contribution in [0.3, 0.4) is 0 Å². The van der Waals surface area contributed by atoms with E-state index in [-0.39, 0.29) is 19.9 Å². The van der Waals surface area contributed by atoms with Crippen molar-refractivity contribution in [1.82, 2.24) is 15.5 Å². The molecule has 98 valence electrons. The van der Waals surface area contributed by atoms with Crippen LogP contribution in [0.5, 0.6) is 0 Å². The van der Waals surface area contributed by atoms with E-state index in [1.54, 1.807) is 0 Å². The fourth-order valence-electron chi connectivity index (χ4n) is 1.32. The van der Waals surface area contributed by atoms with Crippen molar-refractivity contribution in [2.75, 3.05) is 26.5 Å². The Hall–Kier alpha value is -1.42. The summed E-state index contributed by atoms with van der Waals surface area (Å²) in [5.41, 5.74) is 0. The van der Waals surface area contributed by atoms with Crippen molar-refractivity contribution in [1.29, 1.82) is 0 Å². The van der Waals surface area contributed by atoms with Crippen molar-refractivity contribution in [2.24, 2.45) is 0 Å². The van der Waals surface area contributed by atoms with Crippen LogP contribution in [-0.2, 0) is 4.74 Å². The van der Waals surface area contributed by atoms with E-state index < -0.39 is 31.0 Å². The van der Waals surface area contributed by atoms with Gasteiger partial charge in [0.25, 0.3) is 0 Å². The highest BCUT2D eigenvalue weighted by Crippen LogP contribution is 2.08. The topological polar surface area (TPSA) is 131 Å². The molecule has 1 heterocycles. The maximum atomic E-state index is 11.4. The Morgan fingerprint density at radius 2 is 2.12 bits per heavy atom. The minimum atomic E-state index is -1.33. The molecule has 0 aromatic heterocycles. The Bertz CT molecular complexity index is 286. The SMILES string of the molecule is O=C1NCN([C@H](OCCO)C(O)CO)C(=O)N1. The van der Waals surface area contributed by atoms with Gasteiger partial charge in [-0.1, -0.05) is 0 Å². The fraction of sp³-hybridized carbons (Fsp3) is 0.750. The molecule has 5 N–H and O–H groups in total. The van der Waals surface area contributed by atoms with Gasteiger partial charge in [-0.3, -0.25) is 10.2 Å². The van der Waals surface area contributed by atoms with Gasteiger partial charge in [0.2, 0.25) is 0 Å². The molecule has 1 saturated heterocycles. The van der Waals surface area contributed by atoms with Gasteiger partial charge in [-0.25, -0.2) is 9.59 Å². The second-order valence-corrected chi connectivity index (χ2v) is 3.30. The smallest absolute Gasteiger partial charge is 0.329 e. The average Bonchev–Trinajstić information content (AvgIpc) is 2.31. The monoisotopic (exact) mass is 249 g/mol. The minimum absolute atomic E-state index is 0.112. The van der Waals surface area contributed by atoms with Crippen LogP contribution in [0.1, 0.15) is 0 Å². The van der Waals surface area contributed by atoms with Gasteiger partial charge in [-0.2, -0.15) is 0 Å². The molecule has 17 heavy (non-hydrogen) atoms. The fourth-order valence-corrected chi connectivity index (χ4v) is 1.32. The Morgan fingerprint density at radius 3 is 2.65 bits per heavy atom. The second-order valence-electron chi connectivity index (χ2n) is 3.30. The van der Waals surface area contributed by atoms with Crippen molar-refractivity contribution < 1.29 is 29.6 Å². The van der Waals surface area contributed by atoms with Crippen LogP contribution in [0.2, 0.25) is 0 Å². The molecule has 0 aliphatic carbocycles. The molecule has 4 amide bonds. The lowest BCUT2D eigenvalue weighted by atomic mass is 10.3. The van der Waals surface area contributed by atoms with E-state index >= 15 is 0 Å². The van der Waals surface area contributed by atoms with E-state index in [9.17, 15) is 14.7 Å². The summed E-state index contributed by atoms with van der Waals surface area (Å²) in [6.07, 6.45) is -2.48. The Balaban J connectivity index is 2.67. The molecule has 1 fully saturated rings. The van der Waals surface area contributed by atoms with Crippen molar-refractivity contribution in [3.8, 4) is 0 Å². The number of nitrogens with one attached hydrogen (secondary N) is 2. The third-order valence-electron chi connectivity index (χ3n) is 2.09. The number of carbonyl (C=O) groups is 2. The molecule has 0 aromatic carbocycles. The number of nitrogens with zero attached hydrogens (tertiary/aromatic N) is 1. The third kappa shape index (κ3) is 3.53. The highest BCUT2D eigenvalue weighted by molar-refractivity contribution is 5.95. The number of aliphatic hydroxyl groups excluding tert-OH is 3. The highest BCUT2D eigenvalue weighted by atomic mass is 16.5. The van der Waals surface area contributed by atoms with Gasteiger partial charge >= 0.3 is 12.1 Å². The maximum Gasteiger partial charge on any atom is 0.329 e. The Kier molecular flexibility index (Phi) is 5.10. The lowest BCUT2D eigenvalue weighted by Crippen LogP contribution is -2.63. The predicted octanol–water partition coefficient (Wildman–Crippen LogP) is -2.63. The molecule has 1 rings (SSSR count). The predicted molar refractivity (Wildman–Crippen MR) is 53.7 cm³/mol. The first-order valence-corrected chi connectivity index (χ1v) is 4.97. The van der Waals surface area contributed by atoms with Crippen molar-refractivity contribution in [3.63, 3.8) is 0 Å². The molecule has 1 aliphatic heterocycles. The van der Waals surface area contributed by atoms with Gasteiger partial charge in [-0.15, -0.1) is 0 Å². The van der Waals surface area contributed by atoms with Crippen LogP contribution < -0.4 is 10.6 Å². The number of imide groups is 1. The van der Waals surface area contributed by atoms with Crippen LogP contribution in [0, 0.1) is 0 Å². The molecule has 1 aliphatic rings. The van der Waals surface area contributed by atoms with E-state index in [1.165, 1.54) is 0 Å². The highest BCUT2D eigenvalue weighted by Gasteiger charge is 2.33. The van der Waals surface area contributed by atoms with E-state index in [1.807, 2.05) is 5.32 Å². The zero-order chi connectivity index (χ0) is 12.8. The summed E-state index contributed by atoms with van der Waals surface area (Å²) < 4.78 is 5.04. The molecule has 2 atom stereocenters. The normalized spacial score (nSPS) is 19.6. The zero-order valence-corrected chi connectivity index (χ0v) is 9.00. The molecular weight excluding hydrogens is 234 g/mol. The first-order chi connectivity index (χ1) is 8.10. The molecule has 9 nitrogen and oxygen atoms in total. The lowest BCUT2D eigenvalue weighted by molar-refractivity contribution is -0.127. The quantitative estimate of drug-likeness (QED) is 0.350. The number of rotatable bonds is 6. The average molecular weight is 249 g/mol. The summed E-state index contributed by atoms with van der Waals surface area (Å²) in [5, 5.41) is 31.2. The van der Waals surface area contributed by atoms with Crippen LogP contribution in [-0.4, -0.2) is 71.1 Å². The molecular formula is C8H15N3O6. The summed E-state index contributed by atoms with van der Waals surface area (Å²) in [7, 11) is 0.